The minimum absolute atomic E-state index is 0.0389. The van der Waals surface area contributed by atoms with Gasteiger partial charge in [0.1, 0.15) is 11.5 Å². The summed E-state index contributed by atoms with van der Waals surface area (Å²) < 4.78 is 49.5. The molecule has 94 valence electrons. The quantitative estimate of drug-likeness (QED) is 0.841. The summed E-state index contributed by atoms with van der Waals surface area (Å²) in [5.74, 6) is -1.71. The van der Waals surface area contributed by atoms with Gasteiger partial charge >= 0.3 is 0 Å². The average Bonchev–Trinajstić information content (AvgIpc) is 2.28. The number of benzene rings is 1. The summed E-state index contributed by atoms with van der Waals surface area (Å²) in [6.45, 7) is 0. The van der Waals surface area contributed by atoms with Gasteiger partial charge in [-0.25, -0.2) is 17.2 Å². The van der Waals surface area contributed by atoms with Gasteiger partial charge in [-0.15, -0.1) is 0 Å². The lowest BCUT2D eigenvalue weighted by Gasteiger charge is -2.07. The summed E-state index contributed by atoms with van der Waals surface area (Å²) in [5.41, 5.74) is -0.0603. The van der Waals surface area contributed by atoms with Crippen LogP contribution < -0.4 is 0 Å². The zero-order valence-corrected chi connectivity index (χ0v) is 10.2. The van der Waals surface area contributed by atoms with Crippen molar-refractivity contribution in [3.8, 4) is 11.3 Å². The topological polar surface area (TPSA) is 47.0 Å². The maximum atomic E-state index is 13.6. The van der Waals surface area contributed by atoms with Crippen molar-refractivity contribution >= 4 is 9.84 Å². The molecule has 0 aliphatic heterocycles. The zero-order valence-electron chi connectivity index (χ0n) is 9.39. The van der Waals surface area contributed by atoms with Crippen molar-refractivity contribution in [2.75, 3.05) is 6.26 Å². The fourth-order valence-corrected chi connectivity index (χ4v) is 2.49. The maximum absolute atomic E-state index is 13.6. The van der Waals surface area contributed by atoms with E-state index >= 15 is 0 Å². The molecule has 3 nitrogen and oxygen atoms in total. The Bertz CT molecular complexity index is 699. The highest BCUT2D eigenvalue weighted by Gasteiger charge is 2.17. The minimum atomic E-state index is -3.51. The minimum Gasteiger partial charge on any atom is -0.250 e. The number of pyridine rings is 1. The first kappa shape index (κ1) is 12.6. The van der Waals surface area contributed by atoms with Gasteiger partial charge in [-0.05, 0) is 6.07 Å². The summed E-state index contributed by atoms with van der Waals surface area (Å²) in [6, 6.07) is 6.55. The lowest BCUT2D eigenvalue weighted by atomic mass is 10.1. The van der Waals surface area contributed by atoms with E-state index in [0.717, 1.165) is 12.5 Å². The Kier molecular flexibility index (Phi) is 3.13. The first-order valence-electron chi connectivity index (χ1n) is 5.00. The lowest BCUT2D eigenvalue weighted by molar-refractivity contribution is 0.575. The highest BCUT2D eigenvalue weighted by atomic mass is 32.2. The van der Waals surface area contributed by atoms with E-state index < -0.39 is 21.5 Å². The fourth-order valence-electron chi connectivity index (χ4n) is 1.60. The maximum Gasteiger partial charge on any atom is 0.176 e. The van der Waals surface area contributed by atoms with E-state index in [2.05, 4.69) is 4.98 Å². The predicted molar refractivity (Wildman–Crippen MR) is 62.7 cm³/mol. The summed E-state index contributed by atoms with van der Waals surface area (Å²) in [5, 5.41) is 0. The van der Waals surface area contributed by atoms with E-state index in [4.69, 9.17) is 0 Å². The average molecular weight is 269 g/mol. The van der Waals surface area contributed by atoms with Crippen LogP contribution in [0.5, 0.6) is 0 Å². The number of hydrogen-bond acceptors (Lipinski definition) is 3. The van der Waals surface area contributed by atoms with E-state index in [-0.39, 0.29) is 16.2 Å². The molecule has 0 saturated heterocycles. The van der Waals surface area contributed by atoms with Gasteiger partial charge in [0, 0.05) is 17.9 Å². The fraction of sp³-hybridized carbons (Fsp3) is 0.0833. The van der Waals surface area contributed by atoms with Crippen molar-refractivity contribution in [3.05, 3.63) is 48.2 Å². The van der Waals surface area contributed by atoms with Crippen LogP contribution in [0.1, 0.15) is 0 Å². The molecule has 0 N–H and O–H groups in total. The Morgan fingerprint density at radius 3 is 2.44 bits per heavy atom. The van der Waals surface area contributed by atoms with Crippen LogP contribution in [0, 0.1) is 11.6 Å². The van der Waals surface area contributed by atoms with Gasteiger partial charge in [-0.1, -0.05) is 18.2 Å². The molecule has 1 aromatic carbocycles. The highest BCUT2D eigenvalue weighted by molar-refractivity contribution is 7.90. The Morgan fingerprint density at radius 1 is 1.17 bits per heavy atom. The summed E-state index contributed by atoms with van der Waals surface area (Å²) in [4.78, 5) is 3.57. The third kappa shape index (κ3) is 2.38. The standard InChI is InChI=1S/C12H9F2NO2S/c1-18(16,17)11-5-3-2-4-9(11)12-10(14)6-8(13)7-15-12/h2-7H,1H3. The van der Waals surface area contributed by atoms with Crippen LogP contribution in [0.4, 0.5) is 8.78 Å². The molecule has 2 aromatic rings. The molecule has 0 unspecified atom stereocenters. The third-order valence-corrected chi connectivity index (χ3v) is 3.50. The van der Waals surface area contributed by atoms with Gasteiger partial charge < -0.3 is 0 Å². The second-order valence-electron chi connectivity index (χ2n) is 3.75. The molecule has 0 amide bonds. The smallest absolute Gasteiger partial charge is 0.176 e. The normalized spacial score (nSPS) is 11.5. The molecule has 0 radical (unpaired) electrons. The highest BCUT2D eigenvalue weighted by Crippen LogP contribution is 2.27. The van der Waals surface area contributed by atoms with Crippen LogP contribution in [-0.2, 0) is 9.84 Å². The number of aromatic nitrogens is 1. The van der Waals surface area contributed by atoms with Crippen molar-refractivity contribution in [2.45, 2.75) is 4.90 Å². The SMILES string of the molecule is CS(=O)(=O)c1ccccc1-c1ncc(F)cc1F. The van der Waals surface area contributed by atoms with Gasteiger partial charge in [-0.3, -0.25) is 4.98 Å². The molecular weight excluding hydrogens is 260 g/mol. The van der Waals surface area contributed by atoms with Gasteiger partial charge in [-0.2, -0.15) is 0 Å². The Morgan fingerprint density at radius 2 is 1.83 bits per heavy atom. The number of hydrogen-bond donors (Lipinski definition) is 0. The van der Waals surface area contributed by atoms with Crippen molar-refractivity contribution in [1.82, 2.24) is 4.98 Å². The molecule has 2 rings (SSSR count). The first-order chi connectivity index (χ1) is 8.39. The van der Waals surface area contributed by atoms with E-state index in [0.29, 0.717) is 6.07 Å². The van der Waals surface area contributed by atoms with Crippen LogP contribution in [-0.4, -0.2) is 19.7 Å². The molecule has 0 fully saturated rings. The van der Waals surface area contributed by atoms with Crippen LogP contribution in [0.25, 0.3) is 11.3 Å². The Balaban J connectivity index is 2.72. The molecule has 6 heteroatoms. The number of halogens is 2. The molecule has 1 aromatic heterocycles. The van der Waals surface area contributed by atoms with Gasteiger partial charge in [0.05, 0.1) is 11.1 Å². The van der Waals surface area contributed by atoms with Crippen molar-refractivity contribution in [1.29, 1.82) is 0 Å². The lowest BCUT2D eigenvalue weighted by Crippen LogP contribution is -2.02. The van der Waals surface area contributed by atoms with Gasteiger partial charge in [0.2, 0.25) is 0 Å². The number of sulfone groups is 1. The molecular formula is C12H9F2NO2S. The van der Waals surface area contributed by atoms with Crippen LogP contribution in [0.15, 0.2) is 41.4 Å². The van der Waals surface area contributed by atoms with E-state index in [1.54, 1.807) is 6.07 Å². The number of nitrogens with zero attached hydrogens (tertiary/aromatic N) is 1. The van der Waals surface area contributed by atoms with E-state index in [1.165, 1.54) is 18.2 Å². The predicted octanol–water partition coefficient (Wildman–Crippen LogP) is 2.43. The Labute approximate surface area is 103 Å². The van der Waals surface area contributed by atoms with Crippen LogP contribution in [0.2, 0.25) is 0 Å². The molecule has 0 atom stereocenters. The monoisotopic (exact) mass is 269 g/mol. The van der Waals surface area contributed by atoms with E-state index in [1.807, 2.05) is 0 Å². The van der Waals surface area contributed by atoms with Crippen molar-refractivity contribution in [2.24, 2.45) is 0 Å². The summed E-state index contributed by atoms with van der Waals surface area (Å²) in [7, 11) is -3.51. The van der Waals surface area contributed by atoms with E-state index in [9.17, 15) is 17.2 Å². The molecule has 0 bridgehead atoms. The van der Waals surface area contributed by atoms with Crippen molar-refractivity contribution in [3.63, 3.8) is 0 Å². The second-order valence-corrected chi connectivity index (χ2v) is 5.74. The largest absolute Gasteiger partial charge is 0.250 e. The molecule has 1 heterocycles. The van der Waals surface area contributed by atoms with Crippen LogP contribution >= 0.6 is 0 Å². The van der Waals surface area contributed by atoms with Gasteiger partial charge in [0.25, 0.3) is 0 Å². The second kappa shape index (κ2) is 4.45. The summed E-state index contributed by atoms with van der Waals surface area (Å²) in [6.07, 6.45) is 1.87. The van der Waals surface area contributed by atoms with Crippen molar-refractivity contribution < 1.29 is 17.2 Å². The number of rotatable bonds is 2. The molecule has 0 spiro atoms. The molecule has 0 saturated carbocycles. The van der Waals surface area contributed by atoms with Gasteiger partial charge in [0.15, 0.2) is 15.7 Å². The molecule has 18 heavy (non-hydrogen) atoms. The van der Waals surface area contributed by atoms with Crippen LogP contribution in [0.3, 0.4) is 0 Å². The zero-order chi connectivity index (χ0) is 13.3. The summed E-state index contributed by atoms with van der Waals surface area (Å²) >= 11 is 0. The third-order valence-electron chi connectivity index (χ3n) is 2.35. The molecule has 0 aliphatic carbocycles. The Hall–Kier alpha value is -1.82. The first-order valence-corrected chi connectivity index (χ1v) is 6.89. The molecule has 0 aliphatic rings.